The molecule has 4 aromatic rings. The van der Waals surface area contributed by atoms with Gasteiger partial charge in [0, 0.05) is 24.0 Å². The van der Waals surface area contributed by atoms with Crippen LogP contribution < -0.4 is 19.6 Å². The van der Waals surface area contributed by atoms with Crippen molar-refractivity contribution in [1.82, 2.24) is 10.4 Å². The maximum atomic E-state index is 12.7. The van der Waals surface area contributed by atoms with Crippen LogP contribution in [0.3, 0.4) is 0 Å². The standard InChI is InChI=1S/C26H21N3O6/c1-16(30)34-22-10-6-4-8-19(22)26(32)35-23-12-11-17(13-24(23)33-2)14-28-29-25(31)20-15-27-21-9-5-3-7-18(20)21/h3-15,27H,1-2H3,(H,29,31)/b28-14+. The van der Waals surface area contributed by atoms with Crippen molar-refractivity contribution in [2.45, 2.75) is 6.92 Å². The summed E-state index contributed by atoms with van der Waals surface area (Å²) in [6.45, 7) is 1.24. The number of aromatic nitrogens is 1. The van der Waals surface area contributed by atoms with Gasteiger partial charge in [0.15, 0.2) is 11.5 Å². The van der Waals surface area contributed by atoms with Gasteiger partial charge in [-0.2, -0.15) is 5.10 Å². The fourth-order valence-corrected chi connectivity index (χ4v) is 3.37. The summed E-state index contributed by atoms with van der Waals surface area (Å²) in [7, 11) is 1.43. The zero-order chi connectivity index (χ0) is 24.8. The van der Waals surface area contributed by atoms with E-state index >= 15 is 0 Å². The van der Waals surface area contributed by atoms with E-state index in [0.717, 1.165) is 10.9 Å². The number of hydrazone groups is 1. The summed E-state index contributed by atoms with van der Waals surface area (Å²) in [4.78, 5) is 39.5. The van der Waals surface area contributed by atoms with Gasteiger partial charge in [-0.25, -0.2) is 10.2 Å². The lowest BCUT2D eigenvalue weighted by Crippen LogP contribution is -2.17. The van der Waals surface area contributed by atoms with Gasteiger partial charge in [-0.05, 0) is 42.0 Å². The first kappa shape index (κ1) is 23.2. The second-order valence-corrected chi connectivity index (χ2v) is 7.34. The largest absolute Gasteiger partial charge is 0.493 e. The number of H-pyrrole nitrogens is 1. The molecule has 0 spiro atoms. The smallest absolute Gasteiger partial charge is 0.347 e. The van der Waals surface area contributed by atoms with Crippen molar-refractivity contribution in [1.29, 1.82) is 0 Å². The van der Waals surface area contributed by atoms with Gasteiger partial charge in [0.2, 0.25) is 0 Å². The fraction of sp³-hybridized carbons (Fsp3) is 0.0769. The minimum Gasteiger partial charge on any atom is -0.493 e. The lowest BCUT2D eigenvalue weighted by molar-refractivity contribution is -0.131. The predicted molar refractivity (Wildman–Crippen MR) is 129 cm³/mol. The number of benzene rings is 3. The van der Waals surface area contributed by atoms with Crippen molar-refractivity contribution in [3.05, 3.63) is 89.6 Å². The number of hydrogen-bond donors (Lipinski definition) is 2. The molecule has 1 amide bonds. The number of rotatable bonds is 7. The van der Waals surface area contributed by atoms with Crippen LogP contribution in [0, 0.1) is 0 Å². The van der Waals surface area contributed by atoms with Crippen LogP contribution in [0.4, 0.5) is 0 Å². The van der Waals surface area contributed by atoms with Gasteiger partial charge < -0.3 is 19.2 Å². The summed E-state index contributed by atoms with van der Waals surface area (Å²) >= 11 is 0. The number of carbonyl (C=O) groups excluding carboxylic acids is 3. The van der Waals surface area contributed by atoms with Crippen LogP contribution in [0.1, 0.15) is 33.2 Å². The Morgan fingerprint density at radius 1 is 0.886 bits per heavy atom. The summed E-state index contributed by atoms with van der Waals surface area (Å²) in [5.74, 6) is -1.09. The van der Waals surface area contributed by atoms with Gasteiger partial charge >= 0.3 is 11.9 Å². The van der Waals surface area contributed by atoms with E-state index in [2.05, 4.69) is 15.5 Å². The minimum atomic E-state index is -0.715. The molecule has 1 aromatic heterocycles. The molecule has 2 N–H and O–H groups in total. The summed E-state index contributed by atoms with van der Waals surface area (Å²) < 4.78 is 15.9. The molecular weight excluding hydrogens is 450 g/mol. The molecule has 0 saturated heterocycles. The average molecular weight is 471 g/mol. The average Bonchev–Trinajstić information content (AvgIpc) is 3.29. The van der Waals surface area contributed by atoms with E-state index in [4.69, 9.17) is 14.2 Å². The normalized spacial score (nSPS) is 10.8. The molecule has 9 nitrogen and oxygen atoms in total. The number of para-hydroxylation sites is 2. The topological polar surface area (TPSA) is 119 Å². The molecule has 0 unspecified atom stereocenters. The van der Waals surface area contributed by atoms with E-state index in [0.29, 0.717) is 11.1 Å². The van der Waals surface area contributed by atoms with Gasteiger partial charge in [0.05, 0.1) is 18.9 Å². The van der Waals surface area contributed by atoms with E-state index in [1.807, 2.05) is 24.3 Å². The highest BCUT2D eigenvalue weighted by Crippen LogP contribution is 2.29. The van der Waals surface area contributed by atoms with Crippen LogP contribution in [0.25, 0.3) is 10.9 Å². The molecule has 0 aliphatic heterocycles. The first-order valence-corrected chi connectivity index (χ1v) is 10.5. The van der Waals surface area contributed by atoms with Gasteiger partial charge in [-0.1, -0.05) is 30.3 Å². The SMILES string of the molecule is COc1cc(/C=N/NC(=O)c2c[nH]c3ccccc23)ccc1OC(=O)c1ccccc1OC(C)=O. The highest BCUT2D eigenvalue weighted by molar-refractivity contribution is 6.06. The van der Waals surface area contributed by atoms with Crippen molar-refractivity contribution in [2.75, 3.05) is 7.11 Å². The fourth-order valence-electron chi connectivity index (χ4n) is 3.37. The molecule has 176 valence electrons. The number of nitrogens with zero attached hydrogens (tertiary/aromatic N) is 1. The third kappa shape index (κ3) is 5.36. The molecule has 0 saturated carbocycles. The third-order valence-corrected chi connectivity index (χ3v) is 4.96. The summed E-state index contributed by atoms with van der Waals surface area (Å²) in [6.07, 6.45) is 3.07. The summed E-state index contributed by atoms with van der Waals surface area (Å²) in [5, 5.41) is 4.80. The molecule has 0 atom stereocenters. The number of hydrogen-bond acceptors (Lipinski definition) is 7. The number of ether oxygens (including phenoxy) is 3. The molecule has 4 rings (SSSR count). The van der Waals surface area contributed by atoms with Crippen molar-refractivity contribution < 1.29 is 28.6 Å². The van der Waals surface area contributed by atoms with E-state index in [-0.39, 0.29) is 28.7 Å². The number of fused-ring (bicyclic) bond motifs is 1. The van der Waals surface area contributed by atoms with E-state index < -0.39 is 11.9 Å². The van der Waals surface area contributed by atoms with Crippen molar-refractivity contribution in [3.8, 4) is 17.2 Å². The zero-order valence-electron chi connectivity index (χ0n) is 18.9. The molecule has 0 bridgehead atoms. The molecule has 0 radical (unpaired) electrons. The van der Waals surface area contributed by atoms with Gasteiger partial charge in [0.25, 0.3) is 5.91 Å². The van der Waals surface area contributed by atoms with Crippen LogP contribution in [-0.2, 0) is 4.79 Å². The lowest BCUT2D eigenvalue weighted by atomic mass is 10.2. The van der Waals surface area contributed by atoms with E-state index in [9.17, 15) is 14.4 Å². The molecular formula is C26H21N3O6. The maximum Gasteiger partial charge on any atom is 0.347 e. The number of amides is 1. The third-order valence-electron chi connectivity index (χ3n) is 4.96. The quantitative estimate of drug-likeness (QED) is 0.181. The Morgan fingerprint density at radius 3 is 2.46 bits per heavy atom. The Hall–Kier alpha value is -4.92. The summed E-state index contributed by atoms with van der Waals surface area (Å²) in [5.41, 5.74) is 4.52. The van der Waals surface area contributed by atoms with Crippen LogP contribution in [-0.4, -0.2) is 36.2 Å². The Morgan fingerprint density at radius 2 is 1.66 bits per heavy atom. The molecule has 1 heterocycles. The number of methoxy groups -OCH3 is 1. The van der Waals surface area contributed by atoms with Crippen molar-refractivity contribution in [2.24, 2.45) is 5.10 Å². The Labute approximate surface area is 200 Å². The van der Waals surface area contributed by atoms with Crippen molar-refractivity contribution in [3.63, 3.8) is 0 Å². The van der Waals surface area contributed by atoms with Crippen LogP contribution >= 0.6 is 0 Å². The predicted octanol–water partition coefficient (Wildman–Crippen LogP) is 4.08. The molecule has 0 fully saturated rings. The van der Waals surface area contributed by atoms with Gasteiger partial charge in [0.1, 0.15) is 11.3 Å². The number of nitrogens with one attached hydrogen (secondary N) is 2. The monoisotopic (exact) mass is 471 g/mol. The number of aromatic amines is 1. The summed E-state index contributed by atoms with van der Waals surface area (Å²) in [6, 6.07) is 18.5. The molecule has 3 aromatic carbocycles. The Balaban J connectivity index is 1.46. The minimum absolute atomic E-state index is 0.0929. The van der Waals surface area contributed by atoms with Crippen LogP contribution in [0.15, 0.2) is 78.0 Å². The van der Waals surface area contributed by atoms with Crippen molar-refractivity contribution >= 4 is 35.0 Å². The molecule has 9 heteroatoms. The highest BCUT2D eigenvalue weighted by atomic mass is 16.6. The van der Waals surface area contributed by atoms with Gasteiger partial charge in [-0.15, -0.1) is 0 Å². The van der Waals surface area contributed by atoms with Gasteiger partial charge in [-0.3, -0.25) is 9.59 Å². The van der Waals surface area contributed by atoms with E-state index in [1.165, 1.54) is 38.4 Å². The van der Waals surface area contributed by atoms with Crippen LogP contribution in [0.5, 0.6) is 17.2 Å². The maximum absolute atomic E-state index is 12.7. The molecule has 0 aliphatic carbocycles. The molecule has 35 heavy (non-hydrogen) atoms. The first-order chi connectivity index (χ1) is 17.0. The number of carbonyl (C=O) groups is 3. The highest BCUT2D eigenvalue weighted by Gasteiger charge is 2.18. The second-order valence-electron chi connectivity index (χ2n) is 7.34. The molecule has 0 aliphatic rings. The second kappa shape index (κ2) is 10.3. The van der Waals surface area contributed by atoms with Crippen LogP contribution in [0.2, 0.25) is 0 Å². The lowest BCUT2D eigenvalue weighted by Gasteiger charge is -2.11. The first-order valence-electron chi connectivity index (χ1n) is 10.5. The Bertz CT molecular complexity index is 1440. The number of esters is 2. The Kier molecular flexibility index (Phi) is 6.87. The van der Waals surface area contributed by atoms with E-state index in [1.54, 1.807) is 30.5 Å². The zero-order valence-corrected chi connectivity index (χ0v) is 18.9.